The molecule has 0 saturated carbocycles. The van der Waals surface area contributed by atoms with Gasteiger partial charge in [-0.1, -0.05) is 18.2 Å². The van der Waals surface area contributed by atoms with Crippen molar-refractivity contribution in [3.63, 3.8) is 0 Å². The smallest absolute Gasteiger partial charge is 0.330 e. The van der Waals surface area contributed by atoms with Crippen LogP contribution in [0, 0.1) is 0 Å². The zero-order valence-corrected chi connectivity index (χ0v) is 13.5. The molecule has 1 unspecified atom stereocenters. The van der Waals surface area contributed by atoms with E-state index in [1.54, 1.807) is 18.2 Å². The van der Waals surface area contributed by atoms with Gasteiger partial charge in [-0.25, -0.2) is 13.2 Å². The maximum absolute atomic E-state index is 12.5. The van der Waals surface area contributed by atoms with E-state index in [2.05, 4.69) is 10.6 Å². The molecule has 0 aliphatic carbocycles. The van der Waals surface area contributed by atoms with Crippen LogP contribution in [0.1, 0.15) is 17.2 Å². The van der Waals surface area contributed by atoms with Gasteiger partial charge in [0.15, 0.2) is 9.84 Å². The summed E-state index contributed by atoms with van der Waals surface area (Å²) in [7, 11) is -3.46. The van der Waals surface area contributed by atoms with Crippen LogP contribution in [0.3, 0.4) is 0 Å². The number of halogens is 3. The Balaban J connectivity index is 1.70. The first-order chi connectivity index (χ1) is 11.7. The van der Waals surface area contributed by atoms with Crippen LogP contribution in [-0.4, -0.2) is 20.2 Å². The minimum Gasteiger partial charge on any atom is -0.330 e. The van der Waals surface area contributed by atoms with E-state index in [0.717, 1.165) is 24.3 Å². The van der Waals surface area contributed by atoms with E-state index >= 15 is 0 Å². The summed E-state index contributed by atoms with van der Waals surface area (Å²) >= 11 is 0. The van der Waals surface area contributed by atoms with Crippen LogP contribution in [0.5, 0.6) is 0 Å². The lowest BCUT2D eigenvalue weighted by atomic mass is 10.1. The molecule has 3 rings (SSSR count). The number of hydrogen-bond acceptors (Lipinski definition) is 3. The molecule has 2 aromatic carbocycles. The van der Waals surface area contributed by atoms with Gasteiger partial charge in [0.2, 0.25) is 0 Å². The second-order valence-electron chi connectivity index (χ2n) is 5.55. The second-order valence-corrected chi connectivity index (χ2v) is 7.55. The molecule has 25 heavy (non-hydrogen) atoms. The first kappa shape index (κ1) is 17.3. The Labute approximate surface area is 141 Å². The predicted molar refractivity (Wildman–Crippen MR) is 84.8 cm³/mol. The van der Waals surface area contributed by atoms with Crippen LogP contribution in [0.25, 0.3) is 0 Å². The molecular weight excluding hydrogens is 357 g/mol. The standard InChI is InChI=1S/C16H13F3N2O3S/c17-16(18,19)10-5-7-11(8-6-10)20-15(22)21-13-9-25(23,24)14-4-2-1-3-12(13)14/h1-8,13H,9H2,(H2,20,21,22). The Hall–Kier alpha value is -2.55. The summed E-state index contributed by atoms with van der Waals surface area (Å²) in [5, 5.41) is 4.93. The molecule has 9 heteroatoms. The van der Waals surface area contributed by atoms with Gasteiger partial charge < -0.3 is 10.6 Å². The number of fused-ring (bicyclic) bond motifs is 1. The van der Waals surface area contributed by atoms with Crippen LogP contribution >= 0.6 is 0 Å². The first-order valence-corrected chi connectivity index (χ1v) is 8.88. The highest BCUT2D eigenvalue weighted by Crippen LogP contribution is 2.33. The Bertz CT molecular complexity index is 909. The molecule has 1 aliphatic rings. The highest BCUT2D eigenvalue weighted by Gasteiger charge is 2.35. The Morgan fingerprint density at radius 1 is 1.04 bits per heavy atom. The Morgan fingerprint density at radius 3 is 2.32 bits per heavy atom. The highest BCUT2D eigenvalue weighted by molar-refractivity contribution is 7.91. The van der Waals surface area contributed by atoms with Crippen LogP contribution < -0.4 is 10.6 Å². The SMILES string of the molecule is O=C(Nc1ccc(C(F)(F)F)cc1)NC1CS(=O)(=O)c2ccccc21. The molecule has 0 fully saturated rings. The number of carbonyl (C=O) groups excluding carboxylic acids is 1. The third kappa shape index (κ3) is 3.60. The third-order valence-electron chi connectivity index (χ3n) is 3.79. The molecule has 1 heterocycles. The molecule has 2 amide bonds. The second kappa shape index (κ2) is 6.07. The number of urea groups is 1. The fourth-order valence-corrected chi connectivity index (χ4v) is 4.37. The Kier molecular flexibility index (Phi) is 4.19. The van der Waals surface area contributed by atoms with E-state index in [4.69, 9.17) is 0 Å². The van der Waals surface area contributed by atoms with Crippen LogP contribution in [0.2, 0.25) is 0 Å². The highest BCUT2D eigenvalue weighted by atomic mass is 32.2. The van der Waals surface area contributed by atoms with Crippen LogP contribution in [0.4, 0.5) is 23.7 Å². The van der Waals surface area contributed by atoms with E-state index < -0.39 is 33.6 Å². The van der Waals surface area contributed by atoms with Crippen LogP contribution in [0.15, 0.2) is 53.4 Å². The molecule has 0 aromatic heterocycles. The fourth-order valence-electron chi connectivity index (χ4n) is 2.64. The van der Waals surface area contributed by atoms with Crippen molar-refractivity contribution in [2.45, 2.75) is 17.1 Å². The lowest BCUT2D eigenvalue weighted by Gasteiger charge is -2.14. The molecule has 2 aromatic rings. The normalized spacial score (nSPS) is 18.4. The van der Waals surface area contributed by atoms with Crippen molar-refractivity contribution in [1.29, 1.82) is 0 Å². The van der Waals surface area contributed by atoms with Gasteiger partial charge in [-0.05, 0) is 35.9 Å². The zero-order valence-electron chi connectivity index (χ0n) is 12.7. The molecule has 0 spiro atoms. The van der Waals surface area contributed by atoms with Gasteiger partial charge in [-0.15, -0.1) is 0 Å². The number of nitrogens with one attached hydrogen (secondary N) is 2. The van der Waals surface area contributed by atoms with Crippen LogP contribution in [-0.2, 0) is 16.0 Å². The summed E-state index contributed by atoms with van der Waals surface area (Å²) in [5.74, 6) is -0.257. The Morgan fingerprint density at radius 2 is 1.68 bits per heavy atom. The maximum atomic E-state index is 12.5. The van der Waals surface area contributed by atoms with E-state index in [0.29, 0.717) is 5.56 Å². The summed E-state index contributed by atoms with van der Waals surface area (Å²) in [6, 6.07) is 8.90. The van der Waals surface area contributed by atoms with Crippen molar-refractivity contribution < 1.29 is 26.4 Å². The number of rotatable bonds is 2. The molecule has 1 aliphatic heterocycles. The topological polar surface area (TPSA) is 75.3 Å². The molecule has 132 valence electrons. The number of benzene rings is 2. The van der Waals surface area contributed by atoms with Gasteiger partial charge in [0, 0.05) is 5.69 Å². The number of anilines is 1. The molecule has 1 atom stereocenters. The molecular formula is C16H13F3N2O3S. The number of hydrogen-bond donors (Lipinski definition) is 2. The van der Waals surface area contributed by atoms with Crippen molar-refractivity contribution in [3.8, 4) is 0 Å². The number of sulfone groups is 1. The lowest BCUT2D eigenvalue weighted by Crippen LogP contribution is -2.33. The van der Waals surface area contributed by atoms with Gasteiger partial charge >= 0.3 is 12.2 Å². The molecule has 0 bridgehead atoms. The molecule has 2 N–H and O–H groups in total. The first-order valence-electron chi connectivity index (χ1n) is 7.23. The van der Waals surface area contributed by atoms with Crippen molar-refractivity contribution >= 4 is 21.6 Å². The third-order valence-corrected chi connectivity index (χ3v) is 5.61. The summed E-state index contributed by atoms with van der Waals surface area (Å²) in [5.41, 5.74) is -0.168. The molecule has 0 radical (unpaired) electrons. The number of amides is 2. The zero-order chi connectivity index (χ0) is 18.2. The average molecular weight is 370 g/mol. The van der Waals surface area contributed by atoms with E-state index in [9.17, 15) is 26.4 Å². The largest absolute Gasteiger partial charge is 0.416 e. The summed E-state index contributed by atoms with van der Waals surface area (Å²) in [6.07, 6.45) is -4.46. The van der Waals surface area contributed by atoms with E-state index in [-0.39, 0.29) is 16.3 Å². The number of carbonyl (C=O) groups is 1. The van der Waals surface area contributed by atoms with E-state index in [1.165, 1.54) is 6.07 Å². The van der Waals surface area contributed by atoms with Gasteiger partial charge in [0.25, 0.3) is 0 Å². The van der Waals surface area contributed by atoms with E-state index in [1.807, 2.05) is 0 Å². The quantitative estimate of drug-likeness (QED) is 0.851. The molecule has 0 saturated heterocycles. The van der Waals surface area contributed by atoms with Gasteiger partial charge in [0.1, 0.15) is 0 Å². The van der Waals surface area contributed by atoms with Crippen molar-refractivity contribution in [2.24, 2.45) is 0 Å². The van der Waals surface area contributed by atoms with Crippen molar-refractivity contribution in [1.82, 2.24) is 5.32 Å². The monoisotopic (exact) mass is 370 g/mol. The van der Waals surface area contributed by atoms with Gasteiger partial charge in [-0.2, -0.15) is 13.2 Å². The van der Waals surface area contributed by atoms with Gasteiger partial charge in [-0.3, -0.25) is 0 Å². The predicted octanol–water partition coefficient (Wildman–Crippen LogP) is 3.36. The maximum Gasteiger partial charge on any atom is 0.416 e. The summed E-state index contributed by atoms with van der Waals surface area (Å²) in [4.78, 5) is 12.2. The minimum atomic E-state index is -4.46. The number of alkyl halides is 3. The summed E-state index contributed by atoms with van der Waals surface area (Å²) < 4.78 is 61.6. The van der Waals surface area contributed by atoms with Crippen molar-refractivity contribution in [3.05, 3.63) is 59.7 Å². The average Bonchev–Trinajstić information content (AvgIpc) is 2.78. The van der Waals surface area contributed by atoms with Gasteiger partial charge in [0.05, 0.1) is 22.3 Å². The molecule has 5 nitrogen and oxygen atoms in total. The lowest BCUT2D eigenvalue weighted by molar-refractivity contribution is -0.137. The minimum absolute atomic E-state index is 0.166. The summed E-state index contributed by atoms with van der Waals surface area (Å²) in [6.45, 7) is 0. The fraction of sp³-hybridized carbons (Fsp3) is 0.188. The van der Waals surface area contributed by atoms with Crippen molar-refractivity contribution in [2.75, 3.05) is 11.1 Å².